The Morgan fingerprint density at radius 1 is 1.04 bits per heavy atom. The highest BCUT2D eigenvalue weighted by molar-refractivity contribution is 5.87. The monoisotopic (exact) mass is 317 g/mol. The summed E-state index contributed by atoms with van der Waals surface area (Å²) in [7, 11) is 0. The number of hydrogen-bond acceptors (Lipinski definition) is 4. The number of aryl methyl sites for hydroxylation is 1. The third-order valence-electron chi connectivity index (χ3n) is 3.98. The number of para-hydroxylation sites is 1. The number of aromatic nitrogens is 4. The molecule has 0 bridgehead atoms. The molecule has 4 N–H and O–H groups in total. The molecule has 6 nitrogen and oxygen atoms in total. The van der Waals surface area contributed by atoms with E-state index in [-0.39, 0.29) is 5.56 Å². The second-order valence-electron chi connectivity index (χ2n) is 5.66. The smallest absolute Gasteiger partial charge is 0.259 e. The largest absolute Gasteiger partial charge is 0.382 e. The molecule has 0 aliphatic carbocycles. The van der Waals surface area contributed by atoms with Gasteiger partial charge in [0.15, 0.2) is 5.82 Å². The summed E-state index contributed by atoms with van der Waals surface area (Å²) < 4.78 is 0. The van der Waals surface area contributed by atoms with Gasteiger partial charge >= 0.3 is 0 Å². The van der Waals surface area contributed by atoms with Gasteiger partial charge in [-0.3, -0.25) is 9.89 Å². The molecule has 4 aromatic rings. The van der Waals surface area contributed by atoms with Crippen LogP contribution in [0.1, 0.15) is 5.56 Å². The van der Waals surface area contributed by atoms with Gasteiger partial charge in [-0.25, -0.2) is 4.98 Å². The molecule has 0 radical (unpaired) electrons. The Labute approximate surface area is 137 Å². The number of anilines is 1. The van der Waals surface area contributed by atoms with Crippen LogP contribution in [0.4, 0.5) is 5.82 Å². The third-order valence-corrected chi connectivity index (χ3v) is 3.98. The average Bonchev–Trinajstić information content (AvgIpc) is 2.97. The first-order valence-electron chi connectivity index (χ1n) is 7.54. The first-order valence-corrected chi connectivity index (χ1v) is 7.54. The lowest BCUT2D eigenvalue weighted by molar-refractivity contribution is 1.10. The number of hydrogen-bond donors (Lipinski definition) is 3. The minimum atomic E-state index is -0.203. The van der Waals surface area contributed by atoms with Crippen LogP contribution in [0.2, 0.25) is 0 Å². The maximum atomic E-state index is 12.3. The van der Waals surface area contributed by atoms with E-state index < -0.39 is 0 Å². The number of fused-ring (bicyclic) bond motifs is 1. The molecule has 0 amide bonds. The number of benzene rings is 2. The Bertz CT molecular complexity index is 1090. The average molecular weight is 317 g/mol. The Hall–Kier alpha value is -3.41. The molecule has 0 spiro atoms. The number of H-pyrrole nitrogens is 2. The van der Waals surface area contributed by atoms with Crippen LogP contribution < -0.4 is 11.3 Å². The topological polar surface area (TPSA) is 100 Å². The van der Waals surface area contributed by atoms with E-state index in [0.717, 1.165) is 16.8 Å². The van der Waals surface area contributed by atoms with Crippen molar-refractivity contribution < 1.29 is 0 Å². The SMILES string of the molecule is Cc1ccc(-c2[nH]nc(N)c2-c2nc3ccccc3c(=O)[nH]2)cc1. The van der Waals surface area contributed by atoms with Gasteiger partial charge < -0.3 is 10.7 Å². The van der Waals surface area contributed by atoms with E-state index in [0.29, 0.717) is 28.1 Å². The highest BCUT2D eigenvalue weighted by Gasteiger charge is 2.17. The Morgan fingerprint density at radius 2 is 1.79 bits per heavy atom. The summed E-state index contributed by atoms with van der Waals surface area (Å²) in [5.74, 6) is 0.699. The van der Waals surface area contributed by atoms with Crippen molar-refractivity contribution in [1.29, 1.82) is 0 Å². The summed E-state index contributed by atoms with van der Waals surface area (Å²) in [5, 5.41) is 7.57. The molecule has 118 valence electrons. The fraction of sp³-hybridized carbons (Fsp3) is 0.0556. The highest BCUT2D eigenvalue weighted by atomic mass is 16.1. The van der Waals surface area contributed by atoms with E-state index in [2.05, 4.69) is 20.2 Å². The number of nitrogens with zero attached hydrogens (tertiary/aromatic N) is 2. The fourth-order valence-corrected chi connectivity index (χ4v) is 2.73. The Morgan fingerprint density at radius 3 is 2.58 bits per heavy atom. The molecule has 4 rings (SSSR count). The van der Waals surface area contributed by atoms with E-state index in [1.165, 1.54) is 0 Å². The normalized spacial score (nSPS) is 11.0. The maximum absolute atomic E-state index is 12.3. The molecular formula is C18H15N5O. The van der Waals surface area contributed by atoms with Crippen molar-refractivity contribution in [2.24, 2.45) is 0 Å². The van der Waals surface area contributed by atoms with Crippen LogP contribution in [0.25, 0.3) is 33.5 Å². The maximum Gasteiger partial charge on any atom is 0.259 e. The summed E-state index contributed by atoms with van der Waals surface area (Å²) in [6, 6.07) is 15.2. The standard InChI is InChI=1S/C18H15N5O/c1-10-6-8-11(9-7-10)15-14(16(19)23-22-15)17-20-13-5-3-2-4-12(13)18(24)21-17/h2-9H,1H3,(H3,19,22,23)(H,20,21,24). The first-order chi connectivity index (χ1) is 11.6. The number of aromatic amines is 2. The highest BCUT2D eigenvalue weighted by Crippen LogP contribution is 2.32. The van der Waals surface area contributed by atoms with Gasteiger partial charge in [-0.2, -0.15) is 5.10 Å². The van der Waals surface area contributed by atoms with Crippen LogP contribution in [0.15, 0.2) is 53.3 Å². The summed E-state index contributed by atoms with van der Waals surface area (Å²) in [4.78, 5) is 19.7. The summed E-state index contributed by atoms with van der Waals surface area (Å²) >= 11 is 0. The van der Waals surface area contributed by atoms with Crippen molar-refractivity contribution in [3.8, 4) is 22.6 Å². The predicted molar refractivity (Wildman–Crippen MR) is 94.5 cm³/mol. The van der Waals surface area contributed by atoms with Gasteiger partial charge in [-0.05, 0) is 19.1 Å². The molecule has 24 heavy (non-hydrogen) atoms. The molecule has 6 heteroatoms. The number of nitrogens with one attached hydrogen (secondary N) is 2. The number of nitrogens with two attached hydrogens (primary N) is 1. The molecule has 0 aliphatic rings. The van der Waals surface area contributed by atoms with Gasteiger partial charge in [-0.1, -0.05) is 42.0 Å². The van der Waals surface area contributed by atoms with Crippen molar-refractivity contribution in [2.45, 2.75) is 6.92 Å². The van der Waals surface area contributed by atoms with Gasteiger partial charge in [0.05, 0.1) is 22.2 Å². The van der Waals surface area contributed by atoms with E-state index in [1.807, 2.05) is 43.3 Å². The third kappa shape index (κ3) is 2.25. The summed E-state index contributed by atoms with van der Waals surface area (Å²) in [6.07, 6.45) is 0. The molecular weight excluding hydrogens is 302 g/mol. The number of nitrogen functional groups attached to an aromatic ring is 1. The lowest BCUT2D eigenvalue weighted by Gasteiger charge is -2.06. The van der Waals surface area contributed by atoms with Gasteiger partial charge in [0.25, 0.3) is 5.56 Å². The quantitative estimate of drug-likeness (QED) is 0.529. The van der Waals surface area contributed by atoms with Gasteiger partial charge in [0.1, 0.15) is 5.82 Å². The van der Waals surface area contributed by atoms with Crippen LogP contribution in [0.5, 0.6) is 0 Å². The molecule has 0 saturated heterocycles. The molecule has 2 aromatic heterocycles. The van der Waals surface area contributed by atoms with Crippen molar-refractivity contribution in [1.82, 2.24) is 20.2 Å². The van der Waals surface area contributed by atoms with E-state index >= 15 is 0 Å². The minimum absolute atomic E-state index is 0.203. The molecule has 2 aromatic carbocycles. The predicted octanol–water partition coefficient (Wildman–Crippen LogP) is 2.87. The summed E-state index contributed by atoms with van der Waals surface area (Å²) in [5.41, 5.74) is 9.86. The second-order valence-corrected chi connectivity index (χ2v) is 5.66. The number of rotatable bonds is 2. The zero-order valence-corrected chi connectivity index (χ0v) is 13.0. The first kappa shape index (κ1) is 14.2. The van der Waals surface area contributed by atoms with E-state index in [4.69, 9.17) is 5.73 Å². The van der Waals surface area contributed by atoms with Crippen molar-refractivity contribution in [2.75, 3.05) is 5.73 Å². The van der Waals surface area contributed by atoms with Gasteiger partial charge in [0, 0.05) is 5.56 Å². The van der Waals surface area contributed by atoms with E-state index in [9.17, 15) is 4.79 Å². The molecule has 2 heterocycles. The van der Waals surface area contributed by atoms with Gasteiger partial charge in [-0.15, -0.1) is 0 Å². The van der Waals surface area contributed by atoms with Gasteiger partial charge in [0.2, 0.25) is 0 Å². The van der Waals surface area contributed by atoms with Crippen LogP contribution in [-0.2, 0) is 0 Å². The van der Waals surface area contributed by atoms with E-state index in [1.54, 1.807) is 12.1 Å². The summed E-state index contributed by atoms with van der Waals surface area (Å²) in [6.45, 7) is 2.02. The molecule has 0 atom stereocenters. The van der Waals surface area contributed by atoms with Crippen LogP contribution in [-0.4, -0.2) is 20.2 Å². The zero-order valence-electron chi connectivity index (χ0n) is 13.0. The molecule has 0 fully saturated rings. The molecule has 0 unspecified atom stereocenters. The lowest BCUT2D eigenvalue weighted by atomic mass is 10.1. The van der Waals surface area contributed by atoms with Crippen LogP contribution >= 0.6 is 0 Å². The van der Waals surface area contributed by atoms with Crippen LogP contribution in [0.3, 0.4) is 0 Å². The zero-order chi connectivity index (χ0) is 16.7. The Kier molecular flexibility index (Phi) is 3.16. The minimum Gasteiger partial charge on any atom is -0.382 e. The Balaban J connectivity index is 1.96. The lowest BCUT2D eigenvalue weighted by Crippen LogP contribution is -2.10. The van der Waals surface area contributed by atoms with Crippen molar-refractivity contribution in [3.63, 3.8) is 0 Å². The van der Waals surface area contributed by atoms with Crippen molar-refractivity contribution >= 4 is 16.7 Å². The fourth-order valence-electron chi connectivity index (χ4n) is 2.73. The van der Waals surface area contributed by atoms with Crippen molar-refractivity contribution in [3.05, 3.63) is 64.4 Å². The molecule has 0 aliphatic heterocycles. The second kappa shape index (κ2) is 5.34. The van der Waals surface area contributed by atoms with Crippen LogP contribution in [0, 0.1) is 6.92 Å². The molecule has 0 saturated carbocycles.